The molecule has 292 valence electrons. The lowest BCUT2D eigenvalue weighted by Gasteiger charge is -2.38. The quantitative estimate of drug-likeness (QED) is 0.0927. The summed E-state index contributed by atoms with van der Waals surface area (Å²) in [6.45, 7) is 0. The highest BCUT2D eigenvalue weighted by atomic mass is 16.5. The maximum Gasteiger partial charge on any atom is 0.306 e. The number of ether oxygens (including phenoxy) is 1. The fourth-order valence-electron chi connectivity index (χ4n) is 8.70. The summed E-state index contributed by atoms with van der Waals surface area (Å²) >= 11 is 0. The number of carbonyl (C=O) groups is 1. The monoisotopic (exact) mass is 781 g/mol. The van der Waals surface area contributed by atoms with Crippen LogP contribution in [-0.4, -0.2) is 33.1 Å². The van der Waals surface area contributed by atoms with Crippen molar-refractivity contribution in [1.82, 2.24) is 20.0 Å². The van der Waals surface area contributed by atoms with Gasteiger partial charge in [-0.05, 0) is 50.6 Å². The fraction of sp³-hybridized carbons (Fsp3) is 0.0943. The topological polar surface area (TPSA) is 81.9 Å². The summed E-state index contributed by atoms with van der Waals surface area (Å²) in [6, 6.07) is 74.6. The van der Waals surface area contributed by atoms with Gasteiger partial charge in [0, 0.05) is 5.92 Å². The standard InChI is InChI=1S/C53H43N5O2/c1-60-49(59)38-46(39-23-9-2-10-24-39)47-37-48(55-52(40-25-11-3-12-26-40,41-27-13-4-14-28-41)42-29-15-5-16-30-42)54-51-50(47)56-57-58(51)53(43-31-17-6-18-32-43,44-33-19-7-20-34-44)45-35-21-8-22-36-45/h2-37,46H,38H2,1H3,(H,54,55). The van der Waals surface area contributed by atoms with E-state index in [0.29, 0.717) is 17.0 Å². The van der Waals surface area contributed by atoms with Gasteiger partial charge in [-0.15, -0.1) is 5.10 Å². The van der Waals surface area contributed by atoms with Crippen LogP contribution in [0, 0.1) is 0 Å². The second-order valence-electron chi connectivity index (χ2n) is 14.8. The van der Waals surface area contributed by atoms with Crippen LogP contribution < -0.4 is 5.32 Å². The molecule has 0 fully saturated rings. The molecule has 0 spiro atoms. The van der Waals surface area contributed by atoms with Crippen LogP contribution in [0.1, 0.15) is 56.8 Å². The van der Waals surface area contributed by atoms with Crippen LogP contribution in [0.3, 0.4) is 0 Å². The zero-order valence-corrected chi connectivity index (χ0v) is 33.2. The Kier molecular flexibility index (Phi) is 10.5. The number of hydrogen-bond donors (Lipinski definition) is 1. The molecule has 0 radical (unpaired) electrons. The number of pyridine rings is 1. The van der Waals surface area contributed by atoms with Gasteiger partial charge in [0.25, 0.3) is 0 Å². The molecule has 7 aromatic carbocycles. The Hall–Kier alpha value is -7.64. The summed E-state index contributed by atoms with van der Waals surface area (Å²) in [4.78, 5) is 19.0. The van der Waals surface area contributed by atoms with E-state index < -0.39 is 17.0 Å². The van der Waals surface area contributed by atoms with Crippen molar-refractivity contribution in [2.75, 3.05) is 12.4 Å². The highest BCUT2D eigenvalue weighted by molar-refractivity contribution is 5.82. The third kappa shape index (κ3) is 6.80. The molecule has 0 saturated heterocycles. The molecule has 2 aromatic heterocycles. The van der Waals surface area contributed by atoms with Gasteiger partial charge in [0.2, 0.25) is 0 Å². The predicted octanol–water partition coefficient (Wildman–Crippen LogP) is 10.8. The Labute approximate surface area is 350 Å². The number of fused-ring (bicyclic) bond motifs is 1. The molecule has 1 N–H and O–H groups in total. The first-order valence-corrected chi connectivity index (χ1v) is 20.1. The second kappa shape index (κ2) is 16.7. The minimum atomic E-state index is -1.01. The smallest absolute Gasteiger partial charge is 0.306 e. The third-order valence-electron chi connectivity index (χ3n) is 11.4. The molecule has 0 saturated carbocycles. The van der Waals surface area contributed by atoms with Gasteiger partial charge in [0.15, 0.2) is 5.65 Å². The summed E-state index contributed by atoms with van der Waals surface area (Å²) in [7, 11) is 1.43. The molecule has 9 aromatic rings. The minimum absolute atomic E-state index is 0.0777. The Bertz CT molecular complexity index is 2610. The van der Waals surface area contributed by atoms with Crippen molar-refractivity contribution in [3.8, 4) is 0 Å². The summed E-state index contributed by atoms with van der Waals surface area (Å²) < 4.78 is 7.31. The SMILES string of the molecule is COC(=O)CC(c1ccccc1)c1cc(NC(c2ccccc2)(c2ccccc2)c2ccccc2)nc2c1nnn2C(c1ccccc1)(c1ccccc1)c1ccccc1. The van der Waals surface area contributed by atoms with Gasteiger partial charge in [-0.25, -0.2) is 9.67 Å². The number of benzene rings is 7. The molecule has 0 aliphatic carbocycles. The molecule has 9 rings (SSSR count). The average Bonchev–Trinajstić information content (AvgIpc) is 3.76. The molecule has 1 atom stereocenters. The summed E-state index contributed by atoms with van der Waals surface area (Å²) in [5, 5.41) is 14.2. The maximum absolute atomic E-state index is 13.4. The van der Waals surface area contributed by atoms with E-state index in [1.165, 1.54) is 7.11 Å². The molecule has 0 aliphatic heterocycles. The number of methoxy groups -OCH3 is 1. The van der Waals surface area contributed by atoms with E-state index in [9.17, 15) is 4.79 Å². The normalized spacial score (nSPS) is 12.2. The van der Waals surface area contributed by atoms with E-state index in [1.807, 2.05) is 77.5 Å². The first-order valence-electron chi connectivity index (χ1n) is 20.1. The van der Waals surface area contributed by atoms with Crippen molar-refractivity contribution in [2.24, 2.45) is 0 Å². The number of rotatable bonds is 13. The van der Waals surface area contributed by atoms with Crippen molar-refractivity contribution in [3.05, 3.63) is 263 Å². The van der Waals surface area contributed by atoms with E-state index >= 15 is 0 Å². The van der Waals surface area contributed by atoms with Crippen molar-refractivity contribution < 1.29 is 9.53 Å². The lowest BCUT2D eigenvalue weighted by Crippen LogP contribution is -2.39. The highest BCUT2D eigenvalue weighted by Crippen LogP contribution is 2.45. The van der Waals surface area contributed by atoms with E-state index in [2.05, 4.69) is 151 Å². The molecule has 1 unspecified atom stereocenters. The number of carbonyl (C=O) groups excluding carboxylic acids is 1. The number of aromatic nitrogens is 4. The van der Waals surface area contributed by atoms with Gasteiger partial charge in [-0.3, -0.25) is 4.79 Å². The van der Waals surface area contributed by atoms with Crippen LogP contribution in [0.5, 0.6) is 0 Å². The van der Waals surface area contributed by atoms with E-state index in [1.54, 1.807) is 0 Å². The van der Waals surface area contributed by atoms with Crippen LogP contribution in [0.25, 0.3) is 11.2 Å². The van der Waals surface area contributed by atoms with Crippen molar-refractivity contribution in [2.45, 2.75) is 23.4 Å². The molecular weight excluding hydrogens is 739 g/mol. The number of anilines is 1. The summed E-state index contributed by atoms with van der Waals surface area (Å²) in [5.74, 6) is -0.212. The lowest BCUT2D eigenvalue weighted by atomic mass is 9.76. The predicted molar refractivity (Wildman–Crippen MR) is 238 cm³/mol. The number of esters is 1. The average molecular weight is 782 g/mol. The Morgan fingerprint density at radius 1 is 0.567 bits per heavy atom. The van der Waals surface area contributed by atoms with E-state index in [-0.39, 0.29) is 12.4 Å². The largest absolute Gasteiger partial charge is 0.469 e. The molecule has 7 nitrogen and oxygen atoms in total. The van der Waals surface area contributed by atoms with Crippen molar-refractivity contribution in [3.63, 3.8) is 0 Å². The molecule has 7 heteroatoms. The van der Waals surface area contributed by atoms with Gasteiger partial charge in [-0.1, -0.05) is 218 Å². The van der Waals surface area contributed by atoms with Crippen LogP contribution in [0.4, 0.5) is 5.82 Å². The molecule has 60 heavy (non-hydrogen) atoms. The zero-order chi connectivity index (χ0) is 40.8. The molecule has 0 amide bonds. The fourth-order valence-corrected chi connectivity index (χ4v) is 8.70. The molecule has 2 heterocycles. The zero-order valence-electron chi connectivity index (χ0n) is 33.2. The van der Waals surface area contributed by atoms with Gasteiger partial charge in [0.05, 0.1) is 13.5 Å². The summed E-state index contributed by atoms with van der Waals surface area (Å²) in [5.41, 5.74) is 6.97. The Balaban J connectivity index is 1.40. The first-order chi connectivity index (χ1) is 29.6. The van der Waals surface area contributed by atoms with E-state index in [0.717, 1.165) is 44.5 Å². The van der Waals surface area contributed by atoms with Gasteiger partial charge in [0.1, 0.15) is 22.4 Å². The minimum Gasteiger partial charge on any atom is -0.469 e. The number of nitrogens with one attached hydrogen (secondary N) is 1. The van der Waals surface area contributed by atoms with Gasteiger partial charge in [-0.2, -0.15) is 0 Å². The molecule has 0 aliphatic rings. The van der Waals surface area contributed by atoms with Crippen LogP contribution in [-0.2, 0) is 20.6 Å². The number of nitrogens with zero attached hydrogens (tertiary/aromatic N) is 4. The first kappa shape index (κ1) is 37.9. The van der Waals surface area contributed by atoms with Crippen LogP contribution in [0.2, 0.25) is 0 Å². The summed E-state index contributed by atoms with van der Waals surface area (Å²) in [6.07, 6.45) is 0.0777. The lowest BCUT2D eigenvalue weighted by molar-refractivity contribution is -0.140. The second-order valence-corrected chi connectivity index (χ2v) is 14.8. The number of hydrogen-bond acceptors (Lipinski definition) is 6. The van der Waals surface area contributed by atoms with Crippen LogP contribution >= 0.6 is 0 Å². The molecule has 0 bridgehead atoms. The van der Waals surface area contributed by atoms with Crippen molar-refractivity contribution in [1.29, 1.82) is 0 Å². The highest BCUT2D eigenvalue weighted by Gasteiger charge is 2.43. The van der Waals surface area contributed by atoms with Gasteiger partial charge >= 0.3 is 5.97 Å². The molecular formula is C53H43N5O2. The Morgan fingerprint density at radius 3 is 1.35 bits per heavy atom. The van der Waals surface area contributed by atoms with Crippen LogP contribution in [0.15, 0.2) is 218 Å². The van der Waals surface area contributed by atoms with E-state index in [4.69, 9.17) is 20.0 Å². The van der Waals surface area contributed by atoms with Gasteiger partial charge < -0.3 is 10.1 Å². The van der Waals surface area contributed by atoms with Crippen molar-refractivity contribution >= 4 is 23.0 Å². The maximum atomic E-state index is 13.4. The Morgan fingerprint density at radius 2 is 0.950 bits per heavy atom. The third-order valence-corrected chi connectivity index (χ3v) is 11.4.